The van der Waals surface area contributed by atoms with E-state index in [2.05, 4.69) is 21.0 Å². The van der Waals surface area contributed by atoms with E-state index < -0.39 is 0 Å². The number of aryl methyl sites for hydroxylation is 1. The average molecular weight is 285 g/mol. The van der Waals surface area contributed by atoms with E-state index >= 15 is 0 Å². The number of ketones is 1. The van der Waals surface area contributed by atoms with Crippen molar-refractivity contribution in [1.29, 1.82) is 0 Å². The number of halogens is 1. The monoisotopic (exact) mass is 284 g/mol. The molecule has 0 atom stereocenters. The molecule has 1 saturated carbocycles. The summed E-state index contributed by atoms with van der Waals surface area (Å²) in [6.07, 6.45) is 8.67. The Morgan fingerprint density at radius 1 is 1.56 bits per heavy atom. The van der Waals surface area contributed by atoms with Crippen LogP contribution in [0.3, 0.4) is 0 Å². The molecule has 0 aromatic carbocycles. The van der Waals surface area contributed by atoms with Crippen LogP contribution in [0.5, 0.6) is 0 Å². The van der Waals surface area contributed by atoms with Crippen LogP contribution in [0.2, 0.25) is 0 Å². The van der Waals surface area contributed by atoms with E-state index in [9.17, 15) is 4.79 Å². The van der Waals surface area contributed by atoms with Gasteiger partial charge in [-0.2, -0.15) is 5.10 Å². The second kappa shape index (κ2) is 5.13. The van der Waals surface area contributed by atoms with Crippen LogP contribution in [0.4, 0.5) is 0 Å². The van der Waals surface area contributed by atoms with Gasteiger partial charge in [0.25, 0.3) is 0 Å². The first-order valence-electron chi connectivity index (χ1n) is 5.89. The third kappa shape index (κ3) is 2.54. The Labute approximate surface area is 104 Å². The van der Waals surface area contributed by atoms with Gasteiger partial charge < -0.3 is 0 Å². The van der Waals surface area contributed by atoms with E-state index in [0.717, 1.165) is 16.8 Å². The fraction of sp³-hybridized carbons (Fsp3) is 0.667. The number of carbonyl (C=O) groups excluding carboxylic acids is 1. The molecule has 16 heavy (non-hydrogen) atoms. The Bertz CT molecular complexity index is 361. The van der Waals surface area contributed by atoms with Crippen LogP contribution in [0.15, 0.2) is 10.7 Å². The van der Waals surface area contributed by atoms with Gasteiger partial charge in [0.05, 0.1) is 10.7 Å². The van der Waals surface area contributed by atoms with Crippen LogP contribution < -0.4 is 0 Å². The zero-order valence-corrected chi connectivity index (χ0v) is 11.2. The topological polar surface area (TPSA) is 34.9 Å². The largest absolute Gasteiger partial charge is 0.292 e. The van der Waals surface area contributed by atoms with Crippen molar-refractivity contribution in [3.05, 3.63) is 16.4 Å². The lowest BCUT2D eigenvalue weighted by Gasteiger charge is -2.08. The lowest BCUT2D eigenvalue weighted by Crippen LogP contribution is -2.09. The Balaban J connectivity index is 1.92. The highest BCUT2D eigenvalue weighted by molar-refractivity contribution is 9.10. The first kappa shape index (κ1) is 11.8. The van der Waals surface area contributed by atoms with Gasteiger partial charge in [0.1, 0.15) is 5.69 Å². The maximum Gasteiger partial charge on any atom is 0.182 e. The fourth-order valence-corrected chi connectivity index (χ4v) is 3.05. The molecule has 3 nitrogen and oxygen atoms in total. The molecular weight excluding hydrogens is 268 g/mol. The van der Waals surface area contributed by atoms with Crippen LogP contribution >= 0.6 is 15.9 Å². The minimum absolute atomic E-state index is 0.207. The summed E-state index contributed by atoms with van der Waals surface area (Å²) >= 11 is 3.37. The molecule has 0 aliphatic heterocycles. The molecule has 1 aromatic rings. The number of nitrogens with zero attached hydrogens (tertiary/aromatic N) is 2. The van der Waals surface area contributed by atoms with Crippen molar-refractivity contribution in [2.45, 2.75) is 38.5 Å². The molecular formula is C12H17BrN2O. The normalized spacial score (nSPS) is 16.9. The molecule has 1 heterocycles. The van der Waals surface area contributed by atoms with E-state index in [1.54, 1.807) is 10.9 Å². The van der Waals surface area contributed by atoms with Gasteiger partial charge in [-0.05, 0) is 28.3 Å². The summed E-state index contributed by atoms with van der Waals surface area (Å²) in [4.78, 5) is 12.0. The molecule has 2 rings (SSSR count). The third-order valence-electron chi connectivity index (χ3n) is 3.41. The van der Waals surface area contributed by atoms with Crippen molar-refractivity contribution in [2.75, 3.05) is 0 Å². The molecule has 1 fully saturated rings. The SMILES string of the molecule is Cn1ncc(Br)c1C(=O)CCC1CCCC1. The number of Topliss-reactive ketones (excluding diaryl/α,β-unsaturated/α-hetero) is 1. The lowest BCUT2D eigenvalue weighted by molar-refractivity contribution is 0.0964. The first-order valence-corrected chi connectivity index (χ1v) is 6.68. The molecule has 1 aromatic heterocycles. The molecule has 4 heteroatoms. The van der Waals surface area contributed by atoms with Crippen LogP contribution in [0.25, 0.3) is 0 Å². The number of hydrogen-bond donors (Lipinski definition) is 0. The van der Waals surface area contributed by atoms with Crippen molar-refractivity contribution in [2.24, 2.45) is 13.0 Å². The summed E-state index contributed by atoms with van der Waals surface area (Å²) in [5.41, 5.74) is 0.706. The van der Waals surface area contributed by atoms with Crippen LogP contribution in [-0.4, -0.2) is 15.6 Å². The van der Waals surface area contributed by atoms with E-state index in [0.29, 0.717) is 12.1 Å². The van der Waals surface area contributed by atoms with E-state index in [1.165, 1.54) is 25.7 Å². The molecule has 0 amide bonds. The molecule has 0 bridgehead atoms. The van der Waals surface area contributed by atoms with Gasteiger partial charge in [-0.1, -0.05) is 25.7 Å². The van der Waals surface area contributed by atoms with E-state index in [1.807, 2.05) is 7.05 Å². The number of hydrogen-bond acceptors (Lipinski definition) is 2. The highest BCUT2D eigenvalue weighted by Crippen LogP contribution is 2.29. The minimum atomic E-state index is 0.207. The van der Waals surface area contributed by atoms with Crippen molar-refractivity contribution in [1.82, 2.24) is 9.78 Å². The minimum Gasteiger partial charge on any atom is -0.292 e. The fourth-order valence-electron chi connectivity index (χ4n) is 2.48. The summed E-state index contributed by atoms with van der Waals surface area (Å²) in [5, 5.41) is 4.07. The van der Waals surface area contributed by atoms with Gasteiger partial charge in [0.15, 0.2) is 5.78 Å². The molecule has 0 unspecified atom stereocenters. The Kier molecular flexibility index (Phi) is 3.79. The number of carbonyl (C=O) groups is 1. The molecule has 0 saturated heterocycles. The second-order valence-corrected chi connectivity index (χ2v) is 5.43. The standard InChI is InChI=1S/C12H17BrN2O/c1-15-12(10(13)8-14-15)11(16)7-6-9-4-2-3-5-9/h8-9H,2-7H2,1H3. The average Bonchev–Trinajstić information content (AvgIpc) is 2.86. The molecule has 0 radical (unpaired) electrons. The Morgan fingerprint density at radius 3 is 2.81 bits per heavy atom. The van der Waals surface area contributed by atoms with E-state index in [4.69, 9.17) is 0 Å². The van der Waals surface area contributed by atoms with E-state index in [-0.39, 0.29) is 5.78 Å². The zero-order valence-electron chi connectivity index (χ0n) is 9.58. The molecule has 1 aliphatic carbocycles. The van der Waals surface area contributed by atoms with Crippen molar-refractivity contribution >= 4 is 21.7 Å². The second-order valence-electron chi connectivity index (χ2n) is 4.58. The maximum atomic E-state index is 12.0. The molecule has 0 N–H and O–H groups in total. The van der Waals surface area contributed by atoms with Crippen LogP contribution in [0.1, 0.15) is 49.0 Å². The molecule has 88 valence electrons. The van der Waals surface area contributed by atoms with Gasteiger partial charge in [-0.15, -0.1) is 0 Å². The summed E-state index contributed by atoms with van der Waals surface area (Å²) < 4.78 is 2.47. The van der Waals surface area contributed by atoms with Crippen molar-refractivity contribution in [3.8, 4) is 0 Å². The van der Waals surface area contributed by atoms with Gasteiger partial charge in [-0.25, -0.2) is 0 Å². The summed E-state index contributed by atoms with van der Waals surface area (Å²) in [6, 6.07) is 0. The predicted octanol–water partition coefficient (Wildman–Crippen LogP) is 3.34. The van der Waals surface area contributed by atoms with Crippen LogP contribution in [-0.2, 0) is 7.05 Å². The van der Waals surface area contributed by atoms with Crippen molar-refractivity contribution < 1.29 is 4.79 Å². The molecule has 0 spiro atoms. The first-order chi connectivity index (χ1) is 7.68. The van der Waals surface area contributed by atoms with Gasteiger partial charge >= 0.3 is 0 Å². The Hall–Kier alpha value is -0.640. The maximum absolute atomic E-state index is 12.0. The molecule has 1 aliphatic rings. The Morgan fingerprint density at radius 2 is 2.25 bits per heavy atom. The third-order valence-corrected chi connectivity index (χ3v) is 3.99. The van der Waals surface area contributed by atoms with Gasteiger partial charge in [0.2, 0.25) is 0 Å². The van der Waals surface area contributed by atoms with Crippen molar-refractivity contribution in [3.63, 3.8) is 0 Å². The quantitative estimate of drug-likeness (QED) is 0.795. The smallest absolute Gasteiger partial charge is 0.182 e. The highest BCUT2D eigenvalue weighted by Gasteiger charge is 2.19. The van der Waals surface area contributed by atoms with Crippen LogP contribution in [0, 0.1) is 5.92 Å². The summed E-state index contributed by atoms with van der Waals surface area (Å²) in [6.45, 7) is 0. The zero-order chi connectivity index (χ0) is 11.5. The summed E-state index contributed by atoms with van der Waals surface area (Å²) in [5.74, 6) is 0.981. The highest BCUT2D eigenvalue weighted by atomic mass is 79.9. The lowest BCUT2D eigenvalue weighted by atomic mass is 9.99. The number of rotatable bonds is 4. The summed E-state index contributed by atoms with van der Waals surface area (Å²) in [7, 11) is 1.81. The predicted molar refractivity (Wildman–Crippen MR) is 66.4 cm³/mol. The number of aromatic nitrogens is 2. The van der Waals surface area contributed by atoms with Gasteiger partial charge in [0, 0.05) is 13.5 Å². The van der Waals surface area contributed by atoms with Gasteiger partial charge in [-0.3, -0.25) is 9.48 Å².